The lowest BCUT2D eigenvalue weighted by atomic mass is 9.96. The van der Waals surface area contributed by atoms with Crippen LogP contribution in [0.2, 0.25) is 0 Å². The van der Waals surface area contributed by atoms with Crippen LogP contribution in [0.1, 0.15) is 36.7 Å². The number of piperidine rings is 1. The van der Waals surface area contributed by atoms with Gasteiger partial charge in [-0.05, 0) is 44.5 Å². The molecule has 0 N–H and O–H groups in total. The van der Waals surface area contributed by atoms with Crippen molar-refractivity contribution in [2.75, 3.05) is 31.1 Å². The van der Waals surface area contributed by atoms with Gasteiger partial charge in [0.1, 0.15) is 5.82 Å². The van der Waals surface area contributed by atoms with E-state index in [0.29, 0.717) is 5.92 Å². The molecule has 2 saturated heterocycles. The lowest BCUT2D eigenvalue weighted by Crippen LogP contribution is -2.38. The summed E-state index contributed by atoms with van der Waals surface area (Å²) < 4.78 is 3.97. The van der Waals surface area contributed by atoms with E-state index < -0.39 is 0 Å². The molecule has 2 aliphatic rings. The van der Waals surface area contributed by atoms with Crippen molar-refractivity contribution in [3.8, 4) is 0 Å². The summed E-state index contributed by atoms with van der Waals surface area (Å²) in [6.07, 6.45) is 7.39. The fraction of sp³-hybridized carbons (Fsp3) is 0.556. The smallest absolute Gasteiger partial charge is 0.178 e. The quantitative estimate of drug-likeness (QED) is 0.708. The van der Waals surface area contributed by atoms with Gasteiger partial charge in [0.15, 0.2) is 11.5 Å². The Labute approximate surface area is 152 Å². The Morgan fingerprint density at radius 3 is 2.62 bits per heavy atom. The highest BCUT2D eigenvalue weighted by molar-refractivity contribution is 5.47. The van der Waals surface area contributed by atoms with Crippen LogP contribution in [0, 0.1) is 0 Å². The van der Waals surface area contributed by atoms with Gasteiger partial charge in [0.25, 0.3) is 0 Å². The molecule has 8 nitrogen and oxygen atoms in total. The van der Waals surface area contributed by atoms with Crippen molar-refractivity contribution in [1.82, 2.24) is 34.3 Å². The van der Waals surface area contributed by atoms with Crippen LogP contribution < -0.4 is 4.90 Å². The highest BCUT2D eigenvalue weighted by Crippen LogP contribution is 2.28. The summed E-state index contributed by atoms with van der Waals surface area (Å²) in [5, 5.41) is 13.6. The van der Waals surface area contributed by atoms with Gasteiger partial charge in [-0.15, -0.1) is 15.3 Å². The van der Waals surface area contributed by atoms with E-state index in [4.69, 9.17) is 5.10 Å². The molecule has 5 heterocycles. The zero-order valence-corrected chi connectivity index (χ0v) is 15.1. The van der Waals surface area contributed by atoms with Crippen molar-refractivity contribution in [2.45, 2.75) is 31.7 Å². The zero-order valence-electron chi connectivity index (χ0n) is 15.1. The van der Waals surface area contributed by atoms with E-state index in [9.17, 15) is 0 Å². The molecule has 0 bridgehead atoms. The van der Waals surface area contributed by atoms with Gasteiger partial charge in [0.2, 0.25) is 0 Å². The first kappa shape index (κ1) is 15.7. The average Bonchev–Trinajstić information content (AvgIpc) is 3.20. The number of aryl methyl sites for hydroxylation is 1. The summed E-state index contributed by atoms with van der Waals surface area (Å²) in [5.74, 6) is 2.47. The fourth-order valence-electron chi connectivity index (χ4n) is 3.89. The maximum absolute atomic E-state index is 4.81. The molecule has 5 rings (SSSR count). The Morgan fingerprint density at radius 2 is 1.92 bits per heavy atom. The molecule has 0 radical (unpaired) electrons. The summed E-state index contributed by atoms with van der Waals surface area (Å²) in [5.41, 5.74) is 1.99. The molecule has 8 heteroatoms. The molecule has 0 atom stereocenters. The minimum absolute atomic E-state index is 0.420. The molecule has 0 unspecified atom stereocenters. The molecular weight excluding hydrogens is 328 g/mol. The predicted octanol–water partition coefficient (Wildman–Crippen LogP) is 1.45. The van der Waals surface area contributed by atoms with Crippen LogP contribution in [-0.2, 0) is 13.6 Å². The molecule has 2 fully saturated rings. The average molecular weight is 352 g/mol. The topological polar surface area (TPSA) is 67.4 Å². The predicted molar refractivity (Wildman–Crippen MR) is 98.1 cm³/mol. The van der Waals surface area contributed by atoms with Crippen LogP contribution in [-0.4, -0.2) is 60.4 Å². The van der Waals surface area contributed by atoms with E-state index in [1.807, 2.05) is 28.5 Å². The first-order valence-electron chi connectivity index (χ1n) is 9.43. The van der Waals surface area contributed by atoms with E-state index >= 15 is 0 Å². The number of hydrogen-bond acceptors (Lipinski definition) is 6. The van der Waals surface area contributed by atoms with Gasteiger partial charge in [-0.1, -0.05) is 0 Å². The van der Waals surface area contributed by atoms with Gasteiger partial charge in [0.05, 0.1) is 12.0 Å². The van der Waals surface area contributed by atoms with Gasteiger partial charge in [-0.3, -0.25) is 4.90 Å². The maximum Gasteiger partial charge on any atom is 0.178 e. The number of imidazole rings is 1. The number of hydrogen-bond donors (Lipinski definition) is 0. The molecule has 136 valence electrons. The van der Waals surface area contributed by atoms with Crippen molar-refractivity contribution >= 4 is 11.5 Å². The normalized spacial score (nSPS) is 19.2. The van der Waals surface area contributed by atoms with Gasteiger partial charge in [0, 0.05) is 38.8 Å². The SMILES string of the molecule is Cn1cnc(CN2CCC(c3nnc4ccc(N5CCC5)nn34)CC2)c1. The van der Waals surface area contributed by atoms with Crippen molar-refractivity contribution < 1.29 is 0 Å². The third kappa shape index (κ3) is 2.84. The Balaban J connectivity index is 1.30. The molecule has 0 amide bonds. The third-order valence-electron chi connectivity index (χ3n) is 5.55. The molecule has 2 aliphatic heterocycles. The Hall–Kier alpha value is -2.48. The van der Waals surface area contributed by atoms with Crippen LogP contribution in [0.3, 0.4) is 0 Å². The number of likely N-dealkylation sites (tertiary alicyclic amines) is 1. The van der Waals surface area contributed by atoms with E-state index in [0.717, 1.165) is 68.5 Å². The Morgan fingerprint density at radius 1 is 1.08 bits per heavy atom. The monoisotopic (exact) mass is 352 g/mol. The van der Waals surface area contributed by atoms with Crippen LogP contribution in [0.4, 0.5) is 5.82 Å². The first-order chi connectivity index (χ1) is 12.8. The Kier molecular flexibility index (Phi) is 3.85. The van der Waals surface area contributed by atoms with Crippen molar-refractivity contribution in [3.63, 3.8) is 0 Å². The fourth-order valence-corrected chi connectivity index (χ4v) is 3.89. The van der Waals surface area contributed by atoms with E-state index in [1.165, 1.54) is 6.42 Å². The van der Waals surface area contributed by atoms with E-state index in [1.54, 1.807) is 0 Å². The second-order valence-electron chi connectivity index (χ2n) is 7.44. The van der Waals surface area contributed by atoms with Crippen LogP contribution in [0.25, 0.3) is 5.65 Å². The van der Waals surface area contributed by atoms with Gasteiger partial charge >= 0.3 is 0 Å². The highest BCUT2D eigenvalue weighted by atomic mass is 15.4. The summed E-state index contributed by atoms with van der Waals surface area (Å²) in [6, 6.07) is 4.09. The largest absolute Gasteiger partial charge is 0.355 e. The van der Waals surface area contributed by atoms with Gasteiger partial charge < -0.3 is 9.47 Å². The highest BCUT2D eigenvalue weighted by Gasteiger charge is 2.26. The van der Waals surface area contributed by atoms with Crippen molar-refractivity contribution in [1.29, 1.82) is 0 Å². The van der Waals surface area contributed by atoms with Crippen LogP contribution in [0.5, 0.6) is 0 Å². The lowest BCUT2D eigenvalue weighted by Gasteiger charge is -2.32. The number of anilines is 1. The second kappa shape index (κ2) is 6.35. The van der Waals surface area contributed by atoms with Crippen molar-refractivity contribution in [2.24, 2.45) is 7.05 Å². The molecule has 0 saturated carbocycles. The number of aromatic nitrogens is 6. The maximum atomic E-state index is 4.81. The third-order valence-corrected chi connectivity index (χ3v) is 5.55. The first-order valence-corrected chi connectivity index (χ1v) is 9.43. The lowest BCUT2D eigenvalue weighted by molar-refractivity contribution is 0.199. The molecule has 0 spiro atoms. The van der Waals surface area contributed by atoms with E-state index in [2.05, 4.69) is 37.2 Å². The number of fused-ring (bicyclic) bond motifs is 1. The minimum Gasteiger partial charge on any atom is -0.355 e. The summed E-state index contributed by atoms with van der Waals surface area (Å²) >= 11 is 0. The number of rotatable bonds is 4. The second-order valence-corrected chi connectivity index (χ2v) is 7.44. The molecular formula is C18H24N8. The molecule has 26 heavy (non-hydrogen) atoms. The van der Waals surface area contributed by atoms with Crippen LogP contribution in [0.15, 0.2) is 24.7 Å². The summed E-state index contributed by atoms with van der Waals surface area (Å²) in [4.78, 5) is 9.22. The van der Waals surface area contributed by atoms with Gasteiger partial charge in [-0.2, -0.15) is 4.52 Å². The van der Waals surface area contributed by atoms with Crippen molar-refractivity contribution in [3.05, 3.63) is 36.2 Å². The van der Waals surface area contributed by atoms with E-state index in [-0.39, 0.29) is 0 Å². The number of nitrogens with zero attached hydrogens (tertiary/aromatic N) is 8. The zero-order chi connectivity index (χ0) is 17.5. The molecule has 0 aromatic carbocycles. The van der Waals surface area contributed by atoms with Crippen LogP contribution >= 0.6 is 0 Å². The summed E-state index contributed by atoms with van der Waals surface area (Å²) in [6.45, 7) is 5.24. The minimum atomic E-state index is 0.420. The van der Waals surface area contributed by atoms with Gasteiger partial charge in [-0.25, -0.2) is 4.98 Å². The standard InChI is InChI=1S/C18H24N8/c1-23-11-15(19-13-23)12-24-9-5-14(6-10-24)18-21-20-16-3-4-17(22-26(16)18)25-7-2-8-25/h3-4,11,13-14H,2,5-10,12H2,1H3. The molecule has 3 aromatic heterocycles. The molecule has 0 aliphatic carbocycles. The molecule has 3 aromatic rings. The summed E-state index contributed by atoms with van der Waals surface area (Å²) in [7, 11) is 2.01. The Bertz CT molecular complexity index is 901.